The van der Waals surface area contributed by atoms with Crippen LogP contribution in [0.3, 0.4) is 0 Å². The number of thiophene rings is 1. The first-order valence-corrected chi connectivity index (χ1v) is 14.5. The summed E-state index contributed by atoms with van der Waals surface area (Å²) < 4.78 is 17.7. The van der Waals surface area contributed by atoms with Crippen LogP contribution < -0.4 is 15.4 Å². The highest BCUT2D eigenvalue weighted by Crippen LogP contribution is 2.38. The first-order chi connectivity index (χ1) is 20.2. The molecule has 0 atom stereocenters. The van der Waals surface area contributed by atoms with Crippen LogP contribution in [-0.2, 0) is 16.0 Å². The van der Waals surface area contributed by atoms with E-state index in [1.165, 1.54) is 11.3 Å². The number of urea groups is 1. The van der Waals surface area contributed by atoms with Crippen molar-refractivity contribution >= 4 is 39.5 Å². The number of ether oxygens (including phenoxy) is 3. The number of carbonyl (C=O) groups is 2. The fourth-order valence-corrected chi connectivity index (χ4v) is 5.02. The first-order valence-electron chi connectivity index (χ1n) is 13.7. The maximum Gasteiger partial charge on any atom is 0.410 e. The van der Waals surface area contributed by atoms with Gasteiger partial charge in [-0.3, -0.25) is 15.3 Å². The normalized spacial score (nSPS) is 13.0. The second-order valence-corrected chi connectivity index (χ2v) is 12.0. The van der Waals surface area contributed by atoms with Gasteiger partial charge in [-0.25, -0.2) is 14.6 Å². The number of carbonyl (C=O) groups excluding carboxylic acids is 2. The van der Waals surface area contributed by atoms with Gasteiger partial charge < -0.3 is 24.4 Å². The minimum atomic E-state index is -0.591. The Kier molecular flexibility index (Phi) is 8.83. The fraction of sp³-hybridized carbons (Fsp3) is 0.367. The number of pyridine rings is 3. The molecule has 4 aromatic rings. The van der Waals surface area contributed by atoms with Crippen molar-refractivity contribution in [2.75, 3.05) is 25.6 Å². The average Bonchev–Trinajstić information content (AvgIpc) is 3.65. The van der Waals surface area contributed by atoms with Gasteiger partial charge in [-0.1, -0.05) is 6.07 Å². The van der Waals surface area contributed by atoms with E-state index in [4.69, 9.17) is 14.2 Å². The molecule has 4 heterocycles. The minimum Gasteiger partial charge on any atom is -0.454 e. The average molecular weight is 591 g/mol. The molecule has 0 aliphatic heterocycles. The lowest BCUT2D eigenvalue weighted by molar-refractivity contribution is 0.0183. The highest BCUT2D eigenvalue weighted by atomic mass is 32.1. The molecular formula is C30H34N6O5S. The molecule has 1 fully saturated rings. The van der Waals surface area contributed by atoms with Gasteiger partial charge in [0.2, 0.25) is 0 Å². The summed E-state index contributed by atoms with van der Waals surface area (Å²) in [7, 11) is 1.60. The van der Waals surface area contributed by atoms with Gasteiger partial charge in [0.15, 0.2) is 0 Å². The third-order valence-electron chi connectivity index (χ3n) is 6.16. The summed E-state index contributed by atoms with van der Waals surface area (Å²) in [6.45, 7) is 6.68. The van der Waals surface area contributed by atoms with Crippen LogP contribution in [0.5, 0.6) is 11.5 Å². The second kappa shape index (κ2) is 12.7. The van der Waals surface area contributed by atoms with E-state index in [0.717, 1.165) is 39.2 Å². The molecule has 0 bridgehead atoms. The summed E-state index contributed by atoms with van der Waals surface area (Å²) in [6.07, 6.45) is 6.67. The zero-order valence-corrected chi connectivity index (χ0v) is 24.9. The third-order valence-corrected chi connectivity index (χ3v) is 7.32. The maximum atomic E-state index is 12.7. The summed E-state index contributed by atoms with van der Waals surface area (Å²) in [4.78, 5) is 40.7. The number of nitrogens with one attached hydrogen (secondary N) is 2. The fourth-order valence-electron chi connectivity index (χ4n) is 3.98. The zero-order chi connectivity index (χ0) is 29.7. The Balaban J connectivity index is 1.26. The van der Waals surface area contributed by atoms with Gasteiger partial charge in [0.1, 0.15) is 22.9 Å². The lowest BCUT2D eigenvalue weighted by Crippen LogP contribution is -2.38. The molecule has 12 heteroatoms. The molecule has 4 aromatic heterocycles. The predicted molar refractivity (Wildman–Crippen MR) is 161 cm³/mol. The van der Waals surface area contributed by atoms with Crippen LogP contribution in [0.25, 0.3) is 20.8 Å². The van der Waals surface area contributed by atoms with Gasteiger partial charge in [-0.2, -0.15) is 0 Å². The molecule has 1 aliphatic carbocycles. The molecule has 1 saturated carbocycles. The SMILES string of the molecule is COCCN(Cc1ccc(-c2cc3nccc(Oc4ccc(NC(=O)NC5CC5)nc4)c3s2)nc1)C(=O)OC(C)(C)C. The smallest absolute Gasteiger partial charge is 0.410 e. The number of fused-ring (bicyclic) bond motifs is 1. The van der Waals surface area contributed by atoms with Crippen LogP contribution >= 0.6 is 11.3 Å². The molecule has 42 heavy (non-hydrogen) atoms. The molecule has 2 N–H and O–H groups in total. The molecular weight excluding hydrogens is 556 g/mol. The Morgan fingerprint density at radius 2 is 1.90 bits per heavy atom. The molecule has 0 aromatic carbocycles. The summed E-state index contributed by atoms with van der Waals surface area (Å²) in [5.41, 5.74) is 1.86. The zero-order valence-electron chi connectivity index (χ0n) is 24.0. The summed E-state index contributed by atoms with van der Waals surface area (Å²) in [6, 6.07) is 11.1. The van der Waals surface area contributed by atoms with E-state index in [9.17, 15) is 9.59 Å². The molecule has 0 unspecified atom stereocenters. The van der Waals surface area contributed by atoms with E-state index in [2.05, 4.69) is 25.6 Å². The van der Waals surface area contributed by atoms with Crippen molar-refractivity contribution in [3.05, 3.63) is 60.6 Å². The topological polar surface area (TPSA) is 128 Å². The van der Waals surface area contributed by atoms with Crippen molar-refractivity contribution in [3.63, 3.8) is 0 Å². The lowest BCUT2D eigenvalue weighted by Gasteiger charge is -2.27. The molecule has 0 spiro atoms. The number of nitrogens with zero attached hydrogens (tertiary/aromatic N) is 4. The minimum absolute atomic E-state index is 0.256. The van der Waals surface area contributed by atoms with Gasteiger partial charge in [-0.05, 0) is 63.4 Å². The molecule has 0 radical (unpaired) electrons. The number of aromatic nitrogens is 3. The van der Waals surface area contributed by atoms with Crippen molar-refractivity contribution in [1.82, 2.24) is 25.2 Å². The summed E-state index contributed by atoms with van der Waals surface area (Å²) in [5.74, 6) is 1.63. The van der Waals surface area contributed by atoms with Crippen LogP contribution in [0.4, 0.5) is 15.4 Å². The van der Waals surface area contributed by atoms with Gasteiger partial charge in [0.05, 0.1) is 40.1 Å². The van der Waals surface area contributed by atoms with Crippen molar-refractivity contribution in [1.29, 1.82) is 0 Å². The van der Waals surface area contributed by atoms with Crippen LogP contribution in [0.2, 0.25) is 0 Å². The number of amides is 3. The summed E-state index contributed by atoms with van der Waals surface area (Å²) >= 11 is 1.52. The third kappa shape index (κ3) is 7.92. The largest absolute Gasteiger partial charge is 0.454 e. The standard InChI is InChI=1S/C30H34N6O5S/c1-30(2,3)41-29(38)36(13-14-39-4)18-19-5-9-22(32-16-19)25-15-23-27(42-25)24(11-12-31-23)40-21-8-10-26(33-17-21)35-28(37)34-20-6-7-20/h5,8-12,15-17,20H,6-7,13-14,18H2,1-4H3,(H2,33,34,35,37). The first kappa shape index (κ1) is 29.2. The number of anilines is 1. The van der Waals surface area contributed by atoms with Gasteiger partial charge in [0.25, 0.3) is 0 Å². The molecule has 5 rings (SSSR count). The Hall–Kier alpha value is -4.29. The van der Waals surface area contributed by atoms with E-state index in [1.54, 1.807) is 48.8 Å². The number of rotatable bonds is 10. The van der Waals surface area contributed by atoms with Crippen LogP contribution in [0, 0.1) is 0 Å². The second-order valence-electron chi connectivity index (χ2n) is 10.9. The highest BCUT2D eigenvalue weighted by Gasteiger charge is 2.24. The number of hydrogen-bond donors (Lipinski definition) is 2. The lowest BCUT2D eigenvalue weighted by atomic mass is 10.2. The van der Waals surface area contributed by atoms with Crippen molar-refractivity contribution in [2.24, 2.45) is 0 Å². The van der Waals surface area contributed by atoms with Crippen LogP contribution in [-0.4, -0.2) is 63.9 Å². The Morgan fingerprint density at radius 1 is 1.07 bits per heavy atom. The molecule has 3 amide bonds. The van der Waals surface area contributed by atoms with E-state index < -0.39 is 11.7 Å². The van der Waals surface area contributed by atoms with Gasteiger partial charge in [0, 0.05) is 38.2 Å². The maximum absolute atomic E-state index is 12.7. The number of methoxy groups -OCH3 is 1. The monoisotopic (exact) mass is 590 g/mol. The molecule has 220 valence electrons. The van der Waals surface area contributed by atoms with Gasteiger partial charge >= 0.3 is 12.1 Å². The molecule has 11 nitrogen and oxygen atoms in total. The Labute approximate surface area is 248 Å². The Morgan fingerprint density at radius 3 is 2.57 bits per heavy atom. The van der Waals surface area contributed by atoms with E-state index in [1.807, 2.05) is 39.0 Å². The van der Waals surface area contributed by atoms with Crippen molar-refractivity contribution in [2.45, 2.75) is 51.8 Å². The number of hydrogen-bond acceptors (Lipinski definition) is 9. The Bertz CT molecular complexity index is 1530. The van der Waals surface area contributed by atoms with E-state index in [-0.39, 0.29) is 12.1 Å². The van der Waals surface area contributed by atoms with Crippen molar-refractivity contribution in [3.8, 4) is 22.1 Å². The predicted octanol–water partition coefficient (Wildman–Crippen LogP) is 6.21. The van der Waals surface area contributed by atoms with Crippen LogP contribution in [0.1, 0.15) is 39.2 Å². The van der Waals surface area contributed by atoms with Crippen LogP contribution in [0.15, 0.2) is 55.0 Å². The quantitative estimate of drug-likeness (QED) is 0.223. The van der Waals surface area contributed by atoms with Crippen molar-refractivity contribution < 1.29 is 23.8 Å². The van der Waals surface area contributed by atoms with E-state index >= 15 is 0 Å². The highest BCUT2D eigenvalue weighted by molar-refractivity contribution is 7.22. The molecule has 0 saturated heterocycles. The van der Waals surface area contributed by atoms with Gasteiger partial charge in [-0.15, -0.1) is 11.3 Å². The summed E-state index contributed by atoms with van der Waals surface area (Å²) in [5, 5.41) is 5.60. The molecule has 1 aliphatic rings. The van der Waals surface area contributed by atoms with E-state index in [0.29, 0.717) is 37.0 Å².